The number of nitrogens with two attached hydrogens (primary N) is 1. The highest BCUT2D eigenvalue weighted by Gasteiger charge is 2.12. The minimum absolute atomic E-state index is 0.383. The van der Waals surface area contributed by atoms with Gasteiger partial charge < -0.3 is 10.8 Å². The van der Waals surface area contributed by atoms with Gasteiger partial charge in [-0.25, -0.2) is 4.79 Å². The van der Waals surface area contributed by atoms with Gasteiger partial charge in [0, 0.05) is 16.3 Å². The van der Waals surface area contributed by atoms with Crippen LogP contribution in [0, 0.1) is 0 Å². The number of rotatable bonds is 4. The smallest absolute Gasteiger partial charge is 0.346 e. The van der Waals surface area contributed by atoms with Crippen molar-refractivity contribution in [1.82, 2.24) is 0 Å². The first kappa shape index (κ1) is 13.3. The summed E-state index contributed by atoms with van der Waals surface area (Å²) in [5.41, 5.74) is 7.04. The molecule has 0 aliphatic heterocycles. The van der Waals surface area contributed by atoms with Gasteiger partial charge in [0.1, 0.15) is 4.88 Å². The van der Waals surface area contributed by atoms with E-state index in [1.54, 1.807) is 17.5 Å². The van der Waals surface area contributed by atoms with Crippen LogP contribution < -0.4 is 5.73 Å². The predicted molar refractivity (Wildman–Crippen MR) is 76.7 cm³/mol. The molecule has 0 radical (unpaired) electrons. The normalized spacial score (nSPS) is 10.5. The largest absolute Gasteiger partial charge is 0.477 e. The van der Waals surface area contributed by atoms with Crippen molar-refractivity contribution in [2.75, 3.05) is 5.73 Å². The number of halogens is 1. The van der Waals surface area contributed by atoms with Gasteiger partial charge in [0.05, 0.1) is 5.02 Å². The average Bonchev–Trinajstić information content (AvgIpc) is 2.76. The summed E-state index contributed by atoms with van der Waals surface area (Å²) < 4.78 is 0. The topological polar surface area (TPSA) is 63.3 Å². The van der Waals surface area contributed by atoms with Gasteiger partial charge in [0.2, 0.25) is 0 Å². The highest BCUT2D eigenvalue weighted by atomic mass is 35.5. The van der Waals surface area contributed by atoms with Crippen molar-refractivity contribution in [1.29, 1.82) is 0 Å². The van der Waals surface area contributed by atoms with E-state index in [-0.39, 0.29) is 0 Å². The van der Waals surface area contributed by atoms with Crippen molar-refractivity contribution in [3.8, 4) is 0 Å². The Morgan fingerprint density at radius 1 is 1.44 bits per heavy atom. The maximum Gasteiger partial charge on any atom is 0.346 e. The number of thioether (sulfide) groups is 1. The van der Waals surface area contributed by atoms with Gasteiger partial charge in [-0.1, -0.05) is 11.6 Å². The molecule has 1 heterocycles. The first-order chi connectivity index (χ1) is 8.58. The number of thiophene rings is 1. The number of hydrogen-bond donors (Lipinski definition) is 2. The van der Waals surface area contributed by atoms with Gasteiger partial charge >= 0.3 is 5.97 Å². The van der Waals surface area contributed by atoms with E-state index >= 15 is 0 Å². The number of benzene rings is 1. The molecule has 0 saturated carbocycles. The monoisotopic (exact) mass is 299 g/mol. The van der Waals surface area contributed by atoms with Gasteiger partial charge in [-0.3, -0.25) is 0 Å². The molecule has 94 valence electrons. The fourth-order valence-corrected chi connectivity index (χ4v) is 3.54. The summed E-state index contributed by atoms with van der Waals surface area (Å²) in [4.78, 5) is 12.2. The van der Waals surface area contributed by atoms with E-state index in [1.165, 1.54) is 23.1 Å². The summed E-state index contributed by atoms with van der Waals surface area (Å²) in [6, 6.07) is 7.14. The van der Waals surface area contributed by atoms with E-state index in [9.17, 15) is 4.79 Å². The van der Waals surface area contributed by atoms with Crippen molar-refractivity contribution in [3.05, 3.63) is 45.1 Å². The molecule has 0 aliphatic rings. The Bertz CT molecular complexity index is 583. The first-order valence-electron chi connectivity index (χ1n) is 5.05. The van der Waals surface area contributed by atoms with Crippen LogP contribution in [0.2, 0.25) is 5.02 Å². The van der Waals surface area contributed by atoms with Gasteiger partial charge in [0.25, 0.3) is 0 Å². The highest BCUT2D eigenvalue weighted by Crippen LogP contribution is 2.32. The fourth-order valence-electron chi connectivity index (χ4n) is 1.43. The third-order valence-corrected chi connectivity index (χ3v) is 4.77. The van der Waals surface area contributed by atoms with E-state index in [4.69, 9.17) is 22.4 Å². The standard InChI is InChI=1S/C12H10ClNO2S2/c13-9-5-8(14)1-2-10(9)18-6-7-3-4-17-11(7)12(15)16/h1-5H,6,14H2,(H,15,16). The zero-order valence-corrected chi connectivity index (χ0v) is 11.6. The van der Waals surface area contributed by atoms with Gasteiger partial charge in [-0.15, -0.1) is 23.1 Å². The van der Waals surface area contributed by atoms with Gasteiger partial charge in [-0.05, 0) is 35.2 Å². The van der Waals surface area contributed by atoms with Gasteiger partial charge in [0.15, 0.2) is 0 Å². The molecule has 0 saturated heterocycles. The lowest BCUT2D eigenvalue weighted by Crippen LogP contribution is -1.96. The average molecular weight is 300 g/mol. The number of carboxylic acid groups (broad SMARTS) is 1. The van der Waals surface area contributed by atoms with E-state index in [0.29, 0.717) is 21.3 Å². The Kier molecular flexibility index (Phi) is 4.16. The summed E-state index contributed by atoms with van der Waals surface area (Å²) in [5.74, 6) is -0.307. The molecule has 0 unspecified atom stereocenters. The van der Waals surface area contributed by atoms with Crippen LogP contribution in [0.4, 0.5) is 5.69 Å². The number of carboxylic acids is 1. The van der Waals surface area contributed by atoms with Crippen molar-refractivity contribution < 1.29 is 9.90 Å². The second-order valence-corrected chi connectivity index (χ2v) is 5.90. The van der Waals surface area contributed by atoms with Crippen molar-refractivity contribution in [2.45, 2.75) is 10.6 Å². The SMILES string of the molecule is Nc1ccc(SCc2ccsc2C(=O)O)c(Cl)c1. The minimum Gasteiger partial charge on any atom is -0.477 e. The van der Waals surface area contributed by atoms with E-state index in [1.807, 2.05) is 12.1 Å². The van der Waals surface area contributed by atoms with E-state index < -0.39 is 5.97 Å². The number of nitrogen functional groups attached to an aromatic ring is 1. The van der Waals surface area contributed by atoms with Crippen LogP contribution in [-0.4, -0.2) is 11.1 Å². The third-order valence-electron chi connectivity index (χ3n) is 2.28. The lowest BCUT2D eigenvalue weighted by molar-refractivity contribution is 0.0701. The maximum atomic E-state index is 11.0. The summed E-state index contributed by atoms with van der Waals surface area (Å²) in [6.45, 7) is 0. The lowest BCUT2D eigenvalue weighted by atomic mass is 10.3. The highest BCUT2D eigenvalue weighted by molar-refractivity contribution is 7.98. The number of carbonyl (C=O) groups is 1. The van der Waals surface area contributed by atoms with Crippen LogP contribution >= 0.6 is 34.7 Å². The summed E-state index contributed by atoms with van der Waals surface area (Å²) in [6.07, 6.45) is 0. The summed E-state index contributed by atoms with van der Waals surface area (Å²) >= 11 is 8.79. The molecule has 0 atom stereocenters. The lowest BCUT2D eigenvalue weighted by Gasteiger charge is -2.05. The molecule has 3 N–H and O–H groups in total. The Morgan fingerprint density at radius 3 is 2.89 bits per heavy atom. The quantitative estimate of drug-likeness (QED) is 0.662. The van der Waals surface area contributed by atoms with Crippen LogP contribution in [0.15, 0.2) is 34.5 Å². The Balaban J connectivity index is 2.11. The zero-order valence-electron chi connectivity index (χ0n) is 9.22. The molecule has 1 aromatic carbocycles. The van der Waals surface area contributed by atoms with Crippen molar-refractivity contribution in [2.24, 2.45) is 0 Å². The van der Waals surface area contributed by atoms with Crippen molar-refractivity contribution >= 4 is 46.4 Å². The van der Waals surface area contributed by atoms with Crippen molar-refractivity contribution in [3.63, 3.8) is 0 Å². The molecule has 18 heavy (non-hydrogen) atoms. The van der Waals surface area contributed by atoms with Crippen LogP contribution in [0.1, 0.15) is 15.2 Å². The first-order valence-corrected chi connectivity index (χ1v) is 7.29. The molecule has 0 spiro atoms. The fraction of sp³-hybridized carbons (Fsp3) is 0.0833. The summed E-state index contributed by atoms with van der Waals surface area (Å²) in [7, 11) is 0. The molecule has 0 bridgehead atoms. The Hall–Kier alpha value is -1.17. The Labute approximate surface area is 118 Å². The predicted octanol–water partition coefficient (Wildman–Crippen LogP) is 3.97. The maximum absolute atomic E-state index is 11.0. The van der Waals surface area contributed by atoms with Crippen LogP contribution in [0.25, 0.3) is 0 Å². The third kappa shape index (κ3) is 2.98. The van der Waals surface area contributed by atoms with Gasteiger partial charge in [-0.2, -0.15) is 0 Å². The summed E-state index contributed by atoms with van der Waals surface area (Å²) in [5, 5.41) is 11.4. The number of aromatic carboxylic acids is 1. The molecule has 3 nitrogen and oxygen atoms in total. The van der Waals surface area contributed by atoms with E-state index in [2.05, 4.69) is 0 Å². The molecule has 1 aromatic heterocycles. The van der Waals surface area contributed by atoms with E-state index in [0.717, 1.165) is 10.5 Å². The van der Waals surface area contributed by atoms with Crippen LogP contribution in [0.3, 0.4) is 0 Å². The molecular weight excluding hydrogens is 290 g/mol. The Morgan fingerprint density at radius 2 is 2.22 bits per heavy atom. The zero-order chi connectivity index (χ0) is 13.1. The van der Waals surface area contributed by atoms with Crippen LogP contribution in [-0.2, 0) is 5.75 Å². The second kappa shape index (κ2) is 5.65. The number of anilines is 1. The molecule has 6 heteroatoms. The molecule has 0 fully saturated rings. The minimum atomic E-state index is -0.885. The molecular formula is C12H10ClNO2S2. The van der Waals surface area contributed by atoms with Crippen LogP contribution in [0.5, 0.6) is 0 Å². The second-order valence-electron chi connectivity index (χ2n) is 3.56. The molecule has 0 amide bonds. The molecule has 0 aliphatic carbocycles. The molecule has 2 rings (SSSR count). The number of hydrogen-bond acceptors (Lipinski definition) is 4. The molecule has 2 aromatic rings.